The molecule has 1 rings (SSSR count). The van der Waals surface area contributed by atoms with Crippen LogP contribution in [0.1, 0.15) is 30.9 Å². The predicted molar refractivity (Wildman–Crippen MR) is 63.4 cm³/mol. The van der Waals surface area contributed by atoms with Crippen LogP contribution in [-0.2, 0) is 10.8 Å². The summed E-state index contributed by atoms with van der Waals surface area (Å²) < 4.78 is 16.3. The highest BCUT2D eigenvalue weighted by molar-refractivity contribution is 7.84. The van der Waals surface area contributed by atoms with E-state index in [0.29, 0.717) is 0 Å². The van der Waals surface area contributed by atoms with Gasteiger partial charge in [0.2, 0.25) is 0 Å². The molecule has 0 radical (unpaired) electrons. The first-order valence-corrected chi connectivity index (χ1v) is 6.92. The quantitative estimate of drug-likeness (QED) is 0.759. The molecular weight excluding hydrogens is 210 g/mol. The molecule has 15 heavy (non-hydrogen) atoms. The summed E-state index contributed by atoms with van der Waals surface area (Å²) in [5.41, 5.74) is 0. The number of hydrogen-bond acceptors (Lipinski definition) is 3. The summed E-state index contributed by atoms with van der Waals surface area (Å²) in [6.07, 6.45) is 2.67. The van der Waals surface area contributed by atoms with E-state index in [1.807, 2.05) is 19.1 Å². The van der Waals surface area contributed by atoms with Gasteiger partial charge in [-0.2, -0.15) is 0 Å². The zero-order chi connectivity index (χ0) is 11.3. The van der Waals surface area contributed by atoms with Crippen molar-refractivity contribution in [3.8, 4) is 0 Å². The smallest absolute Gasteiger partial charge is 0.120 e. The average molecular weight is 229 g/mol. The molecule has 0 bridgehead atoms. The number of aryl methyl sites for hydroxylation is 1. The fourth-order valence-electron chi connectivity index (χ4n) is 1.38. The molecule has 4 heteroatoms. The maximum atomic E-state index is 10.8. The molecule has 0 fully saturated rings. The number of furan rings is 1. The lowest BCUT2D eigenvalue weighted by molar-refractivity contribution is 0.417. The summed E-state index contributed by atoms with van der Waals surface area (Å²) in [4.78, 5) is 0. The van der Waals surface area contributed by atoms with Gasteiger partial charge >= 0.3 is 0 Å². The summed E-state index contributed by atoms with van der Waals surface area (Å²) >= 11 is 0. The van der Waals surface area contributed by atoms with Gasteiger partial charge in [-0.25, -0.2) is 0 Å². The van der Waals surface area contributed by atoms with Crippen LogP contribution in [0.5, 0.6) is 0 Å². The molecule has 0 aliphatic heterocycles. The van der Waals surface area contributed by atoms with Crippen LogP contribution >= 0.6 is 0 Å². The van der Waals surface area contributed by atoms with Crippen molar-refractivity contribution in [2.24, 2.45) is 0 Å². The Morgan fingerprint density at radius 3 is 2.80 bits per heavy atom. The molecule has 1 aromatic rings. The maximum Gasteiger partial charge on any atom is 0.120 e. The summed E-state index contributed by atoms with van der Waals surface area (Å²) in [5, 5.41) is 3.34. The highest BCUT2D eigenvalue weighted by Crippen LogP contribution is 2.15. The lowest BCUT2D eigenvalue weighted by atomic mass is 10.2. The van der Waals surface area contributed by atoms with Crippen molar-refractivity contribution in [3.63, 3.8) is 0 Å². The minimum absolute atomic E-state index is 0.226. The number of nitrogens with one attached hydrogen (secondary N) is 1. The van der Waals surface area contributed by atoms with Gasteiger partial charge in [0.05, 0.1) is 6.04 Å². The van der Waals surface area contributed by atoms with E-state index < -0.39 is 10.8 Å². The molecule has 2 atom stereocenters. The summed E-state index contributed by atoms with van der Waals surface area (Å²) in [6.45, 7) is 4.89. The Balaban J connectivity index is 2.24. The molecule has 86 valence electrons. The standard InChI is InChI=1S/C11H19NO2S/c1-9-5-6-11(14-9)10(2)12-7-4-8-15(3)13/h5-6,10,12H,4,7-8H2,1-3H3. The second-order valence-corrected chi connectivity index (χ2v) is 5.31. The normalized spacial score (nSPS) is 15.1. The van der Waals surface area contributed by atoms with E-state index >= 15 is 0 Å². The van der Waals surface area contributed by atoms with Crippen LogP contribution < -0.4 is 5.32 Å². The van der Waals surface area contributed by atoms with Crippen LogP contribution in [0.3, 0.4) is 0 Å². The second kappa shape index (κ2) is 6.08. The second-order valence-electron chi connectivity index (χ2n) is 3.76. The predicted octanol–water partition coefficient (Wildman–Crippen LogP) is 2.01. The van der Waals surface area contributed by atoms with Gasteiger partial charge in [0.1, 0.15) is 11.5 Å². The maximum absolute atomic E-state index is 10.8. The monoisotopic (exact) mass is 229 g/mol. The van der Waals surface area contributed by atoms with Gasteiger partial charge in [0.25, 0.3) is 0 Å². The lowest BCUT2D eigenvalue weighted by Gasteiger charge is -2.10. The van der Waals surface area contributed by atoms with Crippen LogP contribution in [0, 0.1) is 6.92 Å². The average Bonchev–Trinajstić information content (AvgIpc) is 2.59. The largest absolute Gasteiger partial charge is 0.465 e. The van der Waals surface area contributed by atoms with E-state index in [9.17, 15) is 4.21 Å². The molecule has 1 N–H and O–H groups in total. The fraction of sp³-hybridized carbons (Fsp3) is 0.636. The van der Waals surface area contributed by atoms with Crippen LogP contribution in [0.25, 0.3) is 0 Å². The van der Waals surface area contributed by atoms with Gasteiger partial charge in [0, 0.05) is 22.8 Å². The summed E-state index contributed by atoms with van der Waals surface area (Å²) in [5.74, 6) is 2.66. The highest BCUT2D eigenvalue weighted by atomic mass is 32.2. The Morgan fingerprint density at radius 2 is 2.27 bits per heavy atom. The van der Waals surface area contributed by atoms with Crippen molar-refractivity contribution >= 4 is 10.8 Å². The third kappa shape index (κ3) is 4.62. The molecule has 1 aromatic heterocycles. The third-order valence-electron chi connectivity index (χ3n) is 2.25. The first kappa shape index (κ1) is 12.5. The molecule has 0 amide bonds. The fourth-order valence-corrected chi connectivity index (χ4v) is 1.93. The third-order valence-corrected chi connectivity index (χ3v) is 3.11. The molecule has 2 unspecified atom stereocenters. The first-order chi connectivity index (χ1) is 7.09. The Bertz CT molecular complexity index is 322. The number of hydrogen-bond donors (Lipinski definition) is 1. The van der Waals surface area contributed by atoms with Crippen molar-refractivity contribution in [2.45, 2.75) is 26.3 Å². The molecule has 1 heterocycles. The van der Waals surface area contributed by atoms with E-state index in [1.165, 1.54) is 0 Å². The van der Waals surface area contributed by atoms with Crippen molar-refractivity contribution in [3.05, 3.63) is 23.7 Å². The Labute approximate surface area is 93.7 Å². The molecular formula is C11H19NO2S. The lowest BCUT2D eigenvalue weighted by Crippen LogP contribution is -2.20. The van der Waals surface area contributed by atoms with Gasteiger partial charge < -0.3 is 9.73 Å². The molecule has 3 nitrogen and oxygen atoms in total. The van der Waals surface area contributed by atoms with E-state index in [2.05, 4.69) is 12.2 Å². The summed E-state index contributed by atoms with van der Waals surface area (Å²) in [7, 11) is -0.684. The van der Waals surface area contributed by atoms with Gasteiger partial charge in [0.15, 0.2) is 0 Å². The van der Waals surface area contributed by atoms with E-state index in [-0.39, 0.29) is 6.04 Å². The van der Waals surface area contributed by atoms with Crippen LogP contribution in [0.15, 0.2) is 16.5 Å². The molecule has 0 saturated heterocycles. The molecule has 0 aliphatic carbocycles. The van der Waals surface area contributed by atoms with E-state index in [1.54, 1.807) is 6.26 Å². The Hall–Kier alpha value is -0.610. The highest BCUT2D eigenvalue weighted by Gasteiger charge is 2.07. The SMILES string of the molecule is Cc1ccc(C(C)NCCCS(C)=O)o1. The van der Waals surface area contributed by atoms with Crippen molar-refractivity contribution in [1.82, 2.24) is 5.32 Å². The van der Waals surface area contributed by atoms with E-state index in [0.717, 1.165) is 30.2 Å². The van der Waals surface area contributed by atoms with Gasteiger partial charge in [-0.05, 0) is 38.9 Å². The zero-order valence-electron chi connectivity index (χ0n) is 9.58. The van der Waals surface area contributed by atoms with E-state index in [4.69, 9.17) is 4.42 Å². The minimum Gasteiger partial charge on any atom is -0.465 e. The van der Waals surface area contributed by atoms with Crippen LogP contribution in [-0.4, -0.2) is 22.8 Å². The Morgan fingerprint density at radius 1 is 1.53 bits per heavy atom. The topological polar surface area (TPSA) is 42.2 Å². The van der Waals surface area contributed by atoms with Crippen molar-refractivity contribution < 1.29 is 8.63 Å². The van der Waals surface area contributed by atoms with Crippen LogP contribution in [0.4, 0.5) is 0 Å². The zero-order valence-corrected chi connectivity index (χ0v) is 10.4. The first-order valence-electron chi connectivity index (χ1n) is 5.19. The van der Waals surface area contributed by atoms with Gasteiger partial charge in [-0.1, -0.05) is 0 Å². The van der Waals surface area contributed by atoms with Gasteiger partial charge in [-0.15, -0.1) is 0 Å². The minimum atomic E-state index is -0.684. The number of rotatable bonds is 6. The molecule has 0 spiro atoms. The van der Waals surface area contributed by atoms with Crippen molar-refractivity contribution in [1.29, 1.82) is 0 Å². The van der Waals surface area contributed by atoms with Gasteiger partial charge in [-0.3, -0.25) is 4.21 Å². The molecule has 0 aliphatic rings. The van der Waals surface area contributed by atoms with Crippen molar-refractivity contribution in [2.75, 3.05) is 18.6 Å². The molecule has 0 aromatic carbocycles. The van der Waals surface area contributed by atoms with Crippen LogP contribution in [0.2, 0.25) is 0 Å². The Kier molecular flexibility index (Phi) is 5.05. The summed E-state index contributed by atoms with van der Waals surface area (Å²) in [6, 6.07) is 4.18. The molecule has 0 saturated carbocycles.